The number of piperidine rings is 2. The van der Waals surface area contributed by atoms with Gasteiger partial charge in [-0.2, -0.15) is 0 Å². The Bertz CT molecular complexity index is 980. The molecule has 5 heteroatoms. The van der Waals surface area contributed by atoms with Crippen molar-refractivity contribution in [3.8, 4) is 0 Å². The van der Waals surface area contributed by atoms with Gasteiger partial charge in [-0.1, -0.05) is 31.5 Å². The van der Waals surface area contributed by atoms with Gasteiger partial charge in [0.1, 0.15) is 11.2 Å². The number of benzene rings is 1. The summed E-state index contributed by atoms with van der Waals surface area (Å²) in [6, 6.07) is 8.70. The van der Waals surface area contributed by atoms with Gasteiger partial charge in [0, 0.05) is 41.6 Å². The molecule has 0 radical (unpaired) electrons. The first-order valence-electron chi connectivity index (χ1n) is 10.9. The smallest absolute Gasteiger partial charge is 0.319 e. The van der Waals surface area contributed by atoms with E-state index in [-0.39, 0.29) is 23.8 Å². The third-order valence-electron chi connectivity index (χ3n) is 7.92. The van der Waals surface area contributed by atoms with Crippen molar-refractivity contribution < 1.29 is 14.3 Å². The summed E-state index contributed by atoms with van der Waals surface area (Å²) in [6.07, 6.45) is 4.40. The van der Waals surface area contributed by atoms with Crippen molar-refractivity contribution in [1.29, 1.82) is 0 Å². The fourth-order valence-corrected chi connectivity index (χ4v) is 6.95. The molecule has 1 aromatic carbocycles. The molecule has 2 saturated heterocycles. The molecule has 154 valence electrons. The maximum absolute atomic E-state index is 13.5. The number of aromatic amines is 1. The van der Waals surface area contributed by atoms with Crippen molar-refractivity contribution in [2.75, 3.05) is 13.7 Å². The number of nitrogens with one attached hydrogen (secondary N) is 1. The van der Waals surface area contributed by atoms with Crippen LogP contribution in [-0.2, 0) is 26.2 Å². The van der Waals surface area contributed by atoms with E-state index in [0.29, 0.717) is 18.3 Å². The van der Waals surface area contributed by atoms with E-state index in [1.54, 1.807) is 6.92 Å². The van der Waals surface area contributed by atoms with Crippen LogP contribution in [0.15, 0.2) is 24.3 Å². The molecule has 1 saturated carbocycles. The number of para-hydroxylation sites is 1. The number of nitrogens with zero attached hydrogens (tertiary/aromatic N) is 1. The van der Waals surface area contributed by atoms with Crippen molar-refractivity contribution in [1.82, 2.24) is 9.88 Å². The van der Waals surface area contributed by atoms with Crippen LogP contribution in [0.4, 0.5) is 0 Å². The number of fused-ring (bicyclic) bond motifs is 4. The second-order valence-corrected chi connectivity index (χ2v) is 9.26. The Balaban J connectivity index is 1.75. The Morgan fingerprint density at radius 1 is 1.31 bits per heavy atom. The van der Waals surface area contributed by atoms with Crippen molar-refractivity contribution in [3.63, 3.8) is 0 Å². The number of carbonyl (C=O) groups excluding carboxylic acids is 2. The molecule has 2 aromatic rings. The molecule has 4 heterocycles. The summed E-state index contributed by atoms with van der Waals surface area (Å²) in [7, 11) is 1.52. The van der Waals surface area contributed by atoms with Gasteiger partial charge in [-0.25, -0.2) is 0 Å². The zero-order chi connectivity index (χ0) is 20.3. The number of ether oxygens (including phenoxy) is 1. The molecule has 1 aromatic heterocycles. The Morgan fingerprint density at radius 2 is 2.10 bits per heavy atom. The first-order valence-corrected chi connectivity index (χ1v) is 10.9. The van der Waals surface area contributed by atoms with Crippen LogP contribution in [0.3, 0.4) is 0 Å². The minimum Gasteiger partial charge on any atom is -0.468 e. The summed E-state index contributed by atoms with van der Waals surface area (Å²) in [5.74, 6) is 0.901. The number of rotatable bonds is 4. The van der Waals surface area contributed by atoms with Crippen molar-refractivity contribution in [2.24, 2.45) is 11.8 Å². The Morgan fingerprint density at radius 3 is 2.83 bits per heavy atom. The maximum Gasteiger partial charge on any atom is 0.319 e. The fourth-order valence-electron chi connectivity index (χ4n) is 6.95. The highest BCUT2D eigenvalue weighted by atomic mass is 16.5. The third-order valence-corrected chi connectivity index (χ3v) is 7.92. The number of H-pyrrole nitrogens is 1. The molecule has 1 N–H and O–H groups in total. The zero-order valence-corrected chi connectivity index (χ0v) is 17.5. The van der Waals surface area contributed by atoms with Crippen molar-refractivity contribution in [3.05, 3.63) is 35.5 Å². The van der Waals surface area contributed by atoms with Gasteiger partial charge >= 0.3 is 5.97 Å². The summed E-state index contributed by atoms with van der Waals surface area (Å²) in [6.45, 7) is 4.82. The number of Topliss-reactive ketones (excluding diaryl/α,β-unsaturated/α-hetero) is 1. The number of methoxy groups -OCH3 is 1. The highest BCUT2D eigenvalue weighted by Crippen LogP contribution is 2.57. The third kappa shape index (κ3) is 2.49. The average molecular weight is 395 g/mol. The largest absolute Gasteiger partial charge is 0.468 e. The number of carbonyl (C=O) groups is 2. The standard InChI is InChI=1S/C24H30N2O3/c1-4-15-12-16-13-24(23(28)29-3)21-18(17-7-5-6-8-19(17)25-21)9-10-26(22(15)24)20(16)11-14(2)27/h5-8,15-16,20,22,25H,4,9-13H2,1-3H3/t15-,16-,20?,22-,24+/m0/s1. The van der Waals surface area contributed by atoms with Gasteiger partial charge < -0.3 is 9.72 Å². The average Bonchev–Trinajstić information content (AvgIpc) is 3.05. The summed E-state index contributed by atoms with van der Waals surface area (Å²) in [5.41, 5.74) is 2.76. The van der Waals surface area contributed by atoms with Crippen LogP contribution < -0.4 is 0 Å². The molecular formula is C24H30N2O3. The van der Waals surface area contributed by atoms with Crippen LogP contribution in [0.2, 0.25) is 0 Å². The maximum atomic E-state index is 13.5. The monoisotopic (exact) mass is 394 g/mol. The summed E-state index contributed by atoms with van der Waals surface area (Å²) in [4.78, 5) is 31.8. The lowest BCUT2D eigenvalue weighted by Gasteiger charge is -2.61. The van der Waals surface area contributed by atoms with E-state index in [1.165, 1.54) is 18.1 Å². The molecule has 5 nitrogen and oxygen atoms in total. The molecule has 2 unspecified atom stereocenters. The Labute approximate surface area is 171 Å². The molecule has 0 amide bonds. The minimum atomic E-state index is -0.670. The van der Waals surface area contributed by atoms with Crippen LogP contribution in [0.25, 0.3) is 10.9 Å². The topological polar surface area (TPSA) is 62.4 Å². The van der Waals surface area contributed by atoms with Crippen LogP contribution >= 0.6 is 0 Å². The lowest BCUT2D eigenvalue weighted by molar-refractivity contribution is -0.169. The predicted molar refractivity (Wildman–Crippen MR) is 112 cm³/mol. The van der Waals surface area contributed by atoms with E-state index < -0.39 is 5.41 Å². The van der Waals surface area contributed by atoms with Crippen molar-refractivity contribution in [2.45, 2.75) is 63.5 Å². The van der Waals surface area contributed by atoms with E-state index in [4.69, 9.17) is 4.74 Å². The van der Waals surface area contributed by atoms with Gasteiger partial charge in [0.15, 0.2) is 0 Å². The van der Waals surface area contributed by atoms with E-state index in [2.05, 4.69) is 35.0 Å². The van der Waals surface area contributed by atoms with Gasteiger partial charge in [-0.3, -0.25) is 14.5 Å². The lowest BCUT2D eigenvalue weighted by atomic mass is 9.54. The second-order valence-electron chi connectivity index (χ2n) is 9.26. The summed E-state index contributed by atoms with van der Waals surface area (Å²) < 4.78 is 5.48. The quantitative estimate of drug-likeness (QED) is 0.805. The molecule has 29 heavy (non-hydrogen) atoms. The predicted octanol–water partition coefficient (Wildman–Crippen LogP) is 3.60. The van der Waals surface area contributed by atoms with E-state index in [0.717, 1.165) is 43.4 Å². The highest BCUT2D eigenvalue weighted by Gasteiger charge is 2.65. The number of ketones is 1. The molecule has 4 aliphatic rings. The van der Waals surface area contributed by atoms with Crippen molar-refractivity contribution >= 4 is 22.7 Å². The number of esters is 1. The van der Waals surface area contributed by atoms with Gasteiger partial charge in [0.25, 0.3) is 0 Å². The summed E-state index contributed by atoms with van der Waals surface area (Å²) >= 11 is 0. The molecule has 6 atom stereocenters. The molecule has 6 rings (SSSR count). The van der Waals surface area contributed by atoms with Gasteiger partial charge in [-0.15, -0.1) is 0 Å². The SMILES string of the molecule is CC[C@H]1C[C@H]2C[C@@]3(C(=O)OC)c4[nH]c5ccccc5c4CCN(C2CC(C)=O)[C@@H]13. The number of hydrogen-bond donors (Lipinski definition) is 1. The Kier molecular flexibility index (Phi) is 4.35. The lowest BCUT2D eigenvalue weighted by Crippen LogP contribution is -2.70. The minimum absolute atomic E-state index is 0.0867. The Hall–Kier alpha value is -2.14. The summed E-state index contributed by atoms with van der Waals surface area (Å²) in [5, 5.41) is 1.21. The van der Waals surface area contributed by atoms with Gasteiger partial charge in [0.05, 0.1) is 7.11 Å². The highest BCUT2D eigenvalue weighted by molar-refractivity contribution is 5.91. The van der Waals surface area contributed by atoms with Crippen LogP contribution in [0, 0.1) is 11.8 Å². The van der Waals surface area contributed by atoms with Crippen LogP contribution in [0.1, 0.15) is 50.8 Å². The molecule has 3 fully saturated rings. The molecule has 0 spiro atoms. The first kappa shape index (κ1) is 18.9. The van der Waals surface area contributed by atoms with Gasteiger partial charge in [0.2, 0.25) is 0 Å². The van der Waals surface area contributed by atoms with Crippen LogP contribution in [-0.4, -0.2) is 47.4 Å². The first-order chi connectivity index (χ1) is 14.0. The van der Waals surface area contributed by atoms with E-state index in [9.17, 15) is 9.59 Å². The van der Waals surface area contributed by atoms with E-state index >= 15 is 0 Å². The van der Waals surface area contributed by atoms with Crippen LogP contribution in [0.5, 0.6) is 0 Å². The fraction of sp³-hybridized carbons (Fsp3) is 0.583. The normalized spacial score (nSPS) is 35.2. The zero-order valence-electron chi connectivity index (χ0n) is 17.5. The van der Waals surface area contributed by atoms with E-state index in [1.807, 2.05) is 6.07 Å². The van der Waals surface area contributed by atoms with Gasteiger partial charge in [-0.05, 0) is 49.7 Å². The number of aromatic nitrogens is 1. The number of hydrogen-bond acceptors (Lipinski definition) is 4. The molecule has 4 bridgehead atoms. The molecule has 3 aliphatic heterocycles. The molecule has 1 aliphatic carbocycles. The second kappa shape index (κ2) is 6.69. The molecular weight excluding hydrogens is 364 g/mol.